The Balaban J connectivity index is 1.71. The van der Waals surface area contributed by atoms with Crippen LogP contribution >= 0.6 is 0 Å². The van der Waals surface area contributed by atoms with E-state index in [1.165, 1.54) is 56.2 Å². The summed E-state index contributed by atoms with van der Waals surface area (Å²) >= 11 is 0. The molecule has 1 aromatic carbocycles. The van der Waals surface area contributed by atoms with Crippen LogP contribution in [0.4, 0.5) is 0 Å². The lowest BCUT2D eigenvalue weighted by Crippen LogP contribution is -2.40. The third-order valence-electron chi connectivity index (χ3n) is 4.92. The number of aromatic hydroxyl groups is 1. The molecule has 0 bridgehead atoms. The van der Waals surface area contributed by atoms with E-state index in [0.29, 0.717) is 17.7 Å². The average molecular weight is 259 g/mol. The van der Waals surface area contributed by atoms with Gasteiger partial charge in [-0.2, -0.15) is 0 Å². The minimum Gasteiger partial charge on any atom is -0.508 e. The van der Waals surface area contributed by atoms with Crippen LogP contribution in [0.5, 0.6) is 5.75 Å². The minimum atomic E-state index is 0.507. The Labute approximate surface area is 116 Å². The second-order valence-corrected chi connectivity index (χ2v) is 6.18. The molecule has 1 aromatic rings. The molecular weight excluding hydrogens is 234 g/mol. The van der Waals surface area contributed by atoms with Crippen LogP contribution in [0.2, 0.25) is 0 Å². The van der Waals surface area contributed by atoms with E-state index in [0.717, 1.165) is 12.8 Å². The average Bonchev–Trinajstić information content (AvgIpc) is 2.39. The molecule has 2 unspecified atom stereocenters. The molecule has 0 aromatic heterocycles. The molecule has 2 aliphatic rings. The Hall–Kier alpha value is -1.02. The van der Waals surface area contributed by atoms with Gasteiger partial charge in [-0.3, -0.25) is 0 Å². The van der Waals surface area contributed by atoms with Gasteiger partial charge in [-0.25, -0.2) is 0 Å². The van der Waals surface area contributed by atoms with Gasteiger partial charge in [-0.05, 0) is 61.8 Å². The maximum Gasteiger partial charge on any atom is 0.119 e. The van der Waals surface area contributed by atoms with E-state index in [9.17, 15) is 5.11 Å². The maximum atomic E-state index is 10.1. The summed E-state index contributed by atoms with van der Waals surface area (Å²) in [5.74, 6) is 1.21. The Morgan fingerprint density at radius 2 is 1.95 bits per heavy atom. The number of hydrogen-bond acceptors (Lipinski definition) is 2. The molecule has 0 radical (unpaired) electrons. The summed E-state index contributed by atoms with van der Waals surface area (Å²) in [5, 5.41) is 13.8. The molecule has 1 heterocycles. The number of nitrogens with one attached hydrogen (secondary N) is 1. The van der Waals surface area contributed by atoms with Crippen molar-refractivity contribution in [2.75, 3.05) is 6.54 Å². The van der Waals surface area contributed by atoms with Gasteiger partial charge < -0.3 is 10.4 Å². The maximum absolute atomic E-state index is 10.1. The lowest BCUT2D eigenvalue weighted by molar-refractivity contribution is 0.282. The van der Waals surface area contributed by atoms with Crippen molar-refractivity contribution in [2.45, 2.75) is 57.4 Å². The number of benzene rings is 1. The number of hydrogen-bond donors (Lipinski definition) is 2. The van der Waals surface area contributed by atoms with E-state index in [4.69, 9.17) is 0 Å². The van der Waals surface area contributed by atoms with Crippen LogP contribution in [0.15, 0.2) is 18.2 Å². The van der Waals surface area contributed by atoms with Gasteiger partial charge in [0, 0.05) is 6.04 Å². The molecule has 1 saturated heterocycles. The van der Waals surface area contributed by atoms with Crippen molar-refractivity contribution in [3.63, 3.8) is 0 Å². The van der Waals surface area contributed by atoms with Crippen LogP contribution in [0.3, 0.4) is 0 Å². The molecule has 0 saturated carbocycles. The Bertz CT molecular complexity index is 421. The molecule has 1 aliphatic heterocycles. The third kappa shape index (κ3) is 2.94. The summed E-state index contributed by atoms with van der Waals surface area (Å²) in [7, 11) is 0. The van der Waals surface area contributed by atoms with Crippen LogP contribution < -0.4 is 5.32 Å². The molecule has 2 N–H and O–H groups in total. The fraction of sp³-hybridized carbons (Fsp3) is 0.647. The highest BCUT2D eigenvalue weighted by molar-refractivity contribution is 5.41. The van der Waals surface area contributed by atoms with E-state index in [2.05, 4.69) is 11.4 Å². The van der Waals surface area contributed by atoms with Crippen molar-refractivity contribution in [3.05, 3.63) is 29.3 Å². The van der Waals surface area contributed by atoms with Crippen molar-refractivity contribution in [3.8, 4) is 5.75 Å². The second-order valence-electron chi connectivity index (χ2n) is 6.18. The van der Waals surface area contributed by atoms with Gasteiger partial charge in [0.15, 0.2) is 0 Å². The van der Waals surface area contributed by atoms with E-state index in [1.54, 1.807) is 0 Å². The summed E-state index contributed by atoms with van der Waals surface area (Å²) in [4.78, 5) is 0. The Morgan fingerprint density at radius 3 is 2.89 bits per heavy atom. The SMILES string of the molecule is Oc1cccc2c1CC(C1CCCCCCN1)CC2. The summed E-state index contributed by atoms with van der Waals surface area (Å²) in [6.07, 6.45) is 10.2. The fourth-order valence-electron chi connectivity index (χ4n) is 3.77. The highest BCUT2D eigenvalue weighted by Crippen LogP contribution is 2.34. The number of fused-ring (bicyclic) bond motifs is 1. The first-order chi connectivity index (χ1) is 9.34. The first-order valence-corrected chi connectivity index (χ1v) is 7.88. The molecule has 1 aliphatic carbocycles. The van der Waals surface area contributed by atoms with E-state index < -0.39 is 0 Å². The Kier molecular flexibility index (Phi) is 4.07. The van der Waals surface area contributed by atoms with Gasteiger partial charge in [0.25, 0.3) is 0 Å². The number of phenols is 1. The zero-order valence-corrected chi connectivity index (χ0v) is 11.7. The first kappa shape index (κ1) is 13.0. The van der Waals surface area contributed by atoms with Crippen molar-refractivity contribution < 1.29 is 5.11 Å². The molecule has 0 amide bonds. The quantitative estimate of drug-likeness (QED) is 0.810. The van der Waals surface area contributed by atoms with Crippen LogP contribution in [0.25, 0.3) is 0 Å². The third-order valence-corrected chi connectivity index (χ3v) is 4.92. The van der Waals surface area contributed by atoms with Gasteiger partial charge in [0.1, 0.15) is 5.75 Å². The monoisotopic (exact) mass is 259 g/mol. The van der Waals surface area contributed by atoms with Crippen molar-refractivity contribution >= 4 is 0 Å². The smallest absolute Gasteiger partial charge is 0.119 e. The van der Waals surface area contributed by atoms with Gasteiger partial charge in [-0.15, -0.1) is 0 Å². The molecule has 2 nitrogen and oxygen atoms in total. The highest BCUT2D eigenvalue weighted by atomic mass is 16.3. The predicted molar refractivity (Wildman–Crippen MR) is 78.5 cm³/mol. The molecule has 2 atom stereocenters. The predicted octanol–water partition coefficient (Wildman–Crippen LogP) is 3.42. The summed E-state index contributed by atoms with van der Waals surface area (Å²) < 4.78 is 0. The number of phenolic OH excluding ortho intramolecular Hbond substituents is 1. The molecule has 1 fully saturated rings. The van der Waals surface area contributed by atoms with Gasteiger partial charge in [0.2, 0.25) is 0 Å². The molecule has 0 spiro atoms. The standard InChI is InChI=1S/C17H25NO/c19-17-8-5-6-13-9-10-14(12-15(13)17)16-7-3-1-2-4-11-18-16/h5-6,8,14,16,18-19H,1-4,7,9-12H2. The summed E-state index contributed by atoms with van der Waals surface area (Å²) in [6.45, 7) is 1.18. The van der Waals surface area contributed by atoms with Gasteiger partial charge >= 0.3 is 0 Å². The van der Waals surface area contributed by atoms with Gasteiger partial charge in [0.05, 0.1) is 0 Å². The Morgan fingerprint density at radius 1 is 1.05 bits per heavy atom. The van der Waals surface area contributed by atoms with E-state index in [-0.39, 0.29) is 0 Å². The first-order valence-electron chi connectivity index (χ1n) is 7.88. The van der Waals surface area contributed by atoms with E-state index >= 15 is 0 Å². The normalized spacial score (nSPS) is 28.2. The zero-order valence-electron chi connectivity index (χ0n) is 11.7. The highest BCUT2D eigenvalue weighted by Gasteiger charge is 2.27. The zero-order chi connectivity index (χ0) is 13.1. The van der Waals surface area contributed by atoms with Gasteiger partial charge in [-0.1, -0.05) is 31.4 Å². The van der Waals surface area contributed by atoms with Crippen LogP contribution in [-0.2, 0) is 12.8 Å². The molecule has 3 rings (SSSR count). The lowest BCUT2D eigenvalue weighted by atomic mass is 9.78. The lowest BCUT2D eigenvalue weighted by Gasteiger charge is -2.33. The fourth-order valence-corrected chi connectivity index (χ4v) is 3.77. The van der Waals surface area contributed by atoms with Crippen LogP contribution in [0, 0.1) is 5.92 Å². The van der Waals surface area contributed by atoms with Crippen molar-refractivity contribution in [1.82, 2.24) is 5.32 Å². The largest absolute Gasteiger partial charge is 0.508 e. The molecule has 2 heteroatoms. The van der Waals surface area contributed by atoms with E-state index in [1.807, 2.05) is 12.1 Å². The number of aryl methyl sites for hydroxylation is 1. The molecule has 104 valence electrons. The minimum absolute atomic E-state index is 0.507. The molecule has 19 heavy (non-hydrogen) atoms. The summed E-state index contributed by atoms with van der Waals surface area (Å²) in [5.41, 5.74) is 2.57. The molecular formula is C17H25NO. The van der Waals surface area contributed by atoms with Crippen LogP contribution in [0.1, 0.15) is 49.7 Å². The number of rotatable bonds is 1. The second kappa shape index (κ2) is 5.96. The van der Waals surface area contributed by atoms with Crippen molar-refractivity contribution in [1.29, 1.82) is 0 Å². The van der Waals surface area contributed by atoms with Crippen LogP contribution in [-0.4, -0.2) is 17.7 Å². The topological polar surface area (TPSA) is 32.3 Å². The van der Waals surface area contributed by atoms with Crippen molar-refractivity contribution in [2.24, 2.45) is 5.92 Å². The summed E-state index contributed by atoms with van der Waals surface area (Å²) in [6, 6.07) is 6.65.